The summed E-state index contributed by atoms with van der Waals surface area (Å²) < 4.78 is 0. The van der Waals surface area contributed by atoms with Crippen molar-refractivity contribution in [2.45, 2.75) is 70.5 Å². The molecule has 3 atom stereocenters. The molecule has 0 radical (unpaired) electrons. The topological polar surface area (TPSA) is 44.4 Å². The van der Waals surface area contributed by atoms with Crippen LogP contribution in [0.15, 0.2) is 0 Å². The van der Waals surface area contributed by atoms with Crippen molar-refractivity contribution < 1.29 is 4.79 Å². The Morgan fingerprint density at radius 2 is 1.82 bits per heavy atom. The maximum atomic E-state index is 11.9. The van der Waals surface area contributed by atoms with E-state index in [1.807, 2.05) is 0 Å². The van der Waals surface area contributed by atoms with Gasteiger partial charge in [0.15, 0.2) is 0 Å². The molecule has 0 aromatic heterocycles. The van der Waals surface area contributed by atoms with E-state index in [4.69, 9.17) is 0 Å². The Labute approximate surface area is 104 Å². The highest BCUT2D eigenvalue weighted by molar-refractivity contribution is 5.81. The van der Waals surface area contributed by atoms with Crippen molar-refractivity contribution in [3.8, 4) is 0 Å². The Kier molecular flexibility index (Phi) is 4.40. The van der Waals surface area contributed by atoms with Gasteiger partial charge in [-0.25, -0.2) is 10.4 Å². The van der Waals surface area contributed by atoms with E-state index < -0.39 is 0 Å². The molecular weight excluding hydrogens is 214 g/mol. The summed E-state index contributed by atoms with van der Waals surface area (Å²) >= 11 is 0. The van der Waals surface area contributed by atoms with Gasteiger partial charge in [-0.1, -0.05) is 6.42 Å². The fourth-order valence-electron chi connectivity index (χ4n) is 2.92. The third-order valence-electron chi connectivity index (χ3n) is 4.03. The number of nitrogens with one attached hydrogen (secondary N) is 2. The van der Waals surface area contributed by atoms with Crippen LogP contribution in [0.3, 0.4) is 0 Å². The first kappa shape index (κ1) is 12.8. The van der Waals surface area contributed by atoms with E-state index in [2.05, 4.69) is 29.6 Å². The number of hydrogen-bond donors (Lipinski definition) is 2. The normalized spacial score (nSPS) is 36.4. The zero-order valence-electron chi connectivity index (χ0n) is 11.0. The lowest BCUT2D eigenvalue weighted by Crippen LogP contribution is -2.58. The molecule has 0 aliphatic carbocycles. The Morgan fingerprint density at radius 1 is 1.12 bits per heavy atom. The smallest absolute Gasteiger partial charge is 0.238 e. The van der Waals surface area contributed by atoms with Gasteiger partial charge < -0.3 is 5.32 Å². The molecule has 0 spiro atoms. The van der Waals surface area contributed by atoms with Crippen molar-refractivity contribution in [1.29, 1.82) is 0 Å². The summed E-state index contributed by atoms with van der Waals surface area (Å²) in [5, 5.41) is 5.29. The zero-order chi connectivity index (χ0) is 12.3. The van der Waals surface area contributed by atoms with E-state index in [9.17, 15) is 4.79 Å². The van der Waals surface area contributed by atoms with Crippen LogP contribution in [-0.2, 0) is 4.79 Å². The summed E-state index contributed by atoms with van der Waals surface area (Å²) in [6.45, 7) is 5.33. The largest absolute Gasteiger partial charge is 0.355 e. The highest BCUT2D eigenvalue weighted by Crippen LogP contribution is 2.21. The molecule has 2 heterocycles. The van der Waals surface area contributed by atoms with Crippen LogP contribution in [0.4, 0.5) is 0 Å². The number of rotatable bonds is 2. The number of nitrogens with zero attached hydrogens (tertiary/aromatic N) is 1. The third-order valence-corrected chi connectivity index (χ3v) is 4.03. The fourth-order valence-corrected chi connectivity index (χ4v) is 2.92. The van der Waals surface area contributed by atoms with Crippen molar-refractivity contribution in [3.63, 3.8) is 0 Å². The summed E-state index contributed by atoms with van der Waals surface area (Å²) in [7, 11) is 0. The first-order valence-electron chi connectivity index (χ1n) is 7.00. The minimum Gasteiger partial charge on any atom is -0.355 e. The number of hydrazine groups is 1. The minimum atomic E-state index is -0.0273. The highest BCUT2D eigenvalue weighted by atomic mass is 16.2. The SMILES string of the molecule is CC1CCCC(C)N1NC1CCCCNC1=O. The van der Waals surface area contributed by atoms with E-state index in [0.29, 0.717) is 12.1 Å². The van der Waals surface area contributed by atoms with Gasteiger partial charge in [-0.05, 0) is 46.0 Å². The van der Waals surface area contributed by atoms with E-state index in [0.717, 1.165) is 25.8 Å². The molecule has 2 aliphatic rings. The van der Waals surface area contributed by atoms with Crippen LogP contribution in [0.5, 0.6) is 0 Å². The molecule has 4 nitrogen and oxygen atoms in total. The van der Waals surface area contributed by atoms with Crippen molar-refractivity contribution in [3.05, 3.63) is 0 Å². The molecule has 4 heteroatoms. The molecule has 0 saturated carbocycles. The molecule has 2 aliphatic heterocycles. The number of amides is 1. The predicted molar refractivity (Wildman–Crippen MR) is 68.4 cm³/mol. The average molecular weight is 239 g/mol. The Morgan fingerprint density at radius 3 is 2.53 bits per heavy atom. The Bertz CT molecular complexity index is 259. The van der Waals surface area contributed by atoms with Crippen LogP contribution in [0, 0.1) is 0 Å². The number of piperidine rings is 1. The fraction of sp³-hybridized carbons (Fsp3) is 0.923. The van der Waals surface area contributed by atoms with Crippen molar-refractivity contribution in [2.75, 3.05) is 6.54 Å². The van der Waals surface area contributed by atoms with Crippen LogP contribution in [-0.4, -0.2) is 35.6 Å². The lowest BCUT2D eigenvalue weighted by molar-refractivity contribution is -0.125. The molecule has 3 unspecified atom stereocenters. The monoisotopic (exact) mass is 239 g/mol. The second-order valence-electron chi connectivity index (χ2n) is 5.50. The van der Waals surface area contributed by atoms with Crippen molar-refractivity contribution >= 4 is 5.91 Å². The zero-order valence-corrected chi connectivity index (χ0v) is 11.0. The maximum absolute atomic E-state index is 11.9. The molecule has 0 bridgehead atoms. The lowest BCUT2D eigenvalue weighted by Gasteiger charge is -2.40. The molecule has 0 aromatic rings. The summed E-state index contributed by atoms with van der Waals surface area (Å²) in [6.07, 6.45) is 6.96. The van der Waals surface area contributed by atoms with E-state index in [-0.39, 0.29) is 11.9 Å². The molecule has 2 saturated heterocycles. The molecule has 1 amide bonds. The maximum Gasteiger partial charge on any atom is 0.238 e. The van der Waals surface area contributed by atoms with Gasteiger partial charge >= 0.3 is 0 Å². The van der Waals surface area contributed by atoms with E-state index in [1.54, 1.807) is 0 Å². The third kappa shape index (κ3) is 3.19. The van der Waals surface area contributed by atoms with Crippen LogP contribution in [0.1, 0.15) is 52.4 Å². The van der Waals surface area contributed by atoms with Gasteiger partial charge in [-0.3, -0.25) is 4.79 Å². The van der Waals surface area contributed by atoms with Crippen LogP contribution in [0.25, 0.3) is 0 Å². The molecule has 2 N–H and O–H groups in total. The van der Waals surface area contributed by atoms with Gasteiger partial charge in [0.25, 0.3) is 0 Å². The standard InChI is InChI=1S/C13H25N3O/c1-10-6-5-7-11(2)16(10)15-12-8-3-4-9-14-13(12)17/h10-12,15H,3-9H2,1-2H3,(H,14,17). The lowest BCUT2D eigenvalue weighted by atomic mass is 9.99. The summed E-state index contributed by atoms with van der Waals surface area (Å²) in [5.74, 6) is 0.174. The van der Waals surface area contributed by atoms with Gasteiger partial charge in [-0.2, -0.15) is 0 Å². The highest BCUT2D eigenvalue weighted by Gasteiger charge is 2.29. The quantitative estimate of drug-likeness (QED) is 0.766. The van der Waals surface area contributed by atoms with Crippen molar-refractivity contribution in [2.24, 2.45) is 0 Å². The molecule has 2 rings (SSSR count). The summed E-state index contributed by atoms with van der Waals surface area (Å²) in [5.41, 5.74) is 3.47. The first-order chi connectivity index (χ1) is 8.18. The molecule has 2 fully saturated rings. The van der Waals surface area contributed by atoms with Gasteiger partial charge in [0, 0.05) is 18.6 Å². The second-order valence-corrected chi connectivity index (χ2v) is 5.50. The Balaban J connectivity index is 1.95. The molecule has 0 aromatic carbocycles. The van der Waals surface area contributed by atoms with Gasteiger partial charge in [0.05, 0.1) is 0 Å². The molecule has 17 heavy (non-hydrogen) atoms. The van der Waals surface area contributed by atoms with Gasteiger partial charge in [0.1, 0.15) is 6.04 Å². The minimum absolute atomic E-state index is 0.0273. The first-order valence-corrected chi connectivity index (χ1v) is 7.00. The second kappa shape index (κ2) is 5.83. The average Bonchev–Trinajstić information content (AvgIpc) is 2.49. The van der Waals surface area contributed by atoms with Gasteiger partial charge in [-0.15, -0.1) is 0 Å². The van der Waals surface area contributed by atoms with Crippen molar-refractivity contribution in [1.82, 2.24) is 15.8 Å². The number of carbonyl (C=O) groups is 1. The Hall–Kier alpha value is -0.610. The van der Waals surface area contributed by atoms with E-state index in [1.165, 1.54) is 19.3 Å². The summed E-state index contributed by atoms with van der Waals surface area (Å²) in [4.78, 5) is 11.9. The molecule has 98 valence electrons. The number of hydrogen-bond acceptors (Lipinski definition) is 3. The van der Waals surface area contributed by atoms with Crippen LogP contribution in [0.2, 0.25) is 0 Å². The summed E-state index contributed by atoms with van der Waals surface area (Å²) in [6, 6.07) is 1.05. The van der Waals surface area contributed by atoms with E-state index >= 15 is 0 Å². The van der Waals surface area contributed by atoms with Gasteiger partial charge in [0.2, 0.25) is 5.91 Å². The predicted octanol–water partition coefficient (Wildman–Crippen LogP) is 1.42. The van der Waals surface area contributed by atoms with Crippen LogP contribution < -0.4 is 10.7 Å². The molecular formula is C13H25N3O. The number of carbonyl (C=O) groups excluding carboxylic acids is 1. The van der Waals surface area contributed by atoms with Crippen LogP contribution >= 0.6 is 0 Å².